The molecule has 0 atom stereocenters. The molecule has 1 aliphatic heterocycles. The van der Waals surface area contributed by atoms with E-state index < -0.39 is 0 Å². The van der Waals surface area contributed by atoms with Gasteiger partial charge in [0.25, 0.3) is 0 Å². The van der Waals surface area contributed by atoms with Gasteiger partial charge in [0.05, 0.1) is 22.8 Å². The maximum absolute atomic E-state index is 11.3. The lowest BCUT2D eigenvalue weighted by molar-refractivity contribution is 0.0599. The van der Waals surface area contributed by atoms with E-state index in [0.717, 1.165) is 5.69 Å². The van der Waals surface area contributed by atoms with Crippen LogP contribution in [-0.4, -0.2) is 19.8 Å². The SMILES string of the molecule is COC(=O)c1ccc2c(c1Br)OCN2. The second-order valence-corrected chi connectivity index (χ2v) is 3.55. The van der Waals surface area contributed by atoms with Crippen molar-refractivity contribution < 1.29 is 14.3 Å². The fourth-order valence-electron chi connectivity index (χ4n) is 1.29. The number of esters is 1. The summed E-state index contributed by atoms with van der Waals surface area (Å²) in [5, 5.41) is 3.02. The Morgan fingerprint density at radius 3 is 3.14 bits per heavy atom. The number of hydrogen-bond acceptors (Lipinski definition) is 4. The van der Waals surface area contributed by atoms with Crippen LogP contribution in [0.15, 0.2) is 16.6 Å². The second-order valence-electron chi connectivity index (χ2n) is 2.76. The Balaban J connectivity index is 2.50. The van der Waals surface area contributed by atoms with Crippen LogP contribution in [0, 0.1) is 0 Å². The minimum Gasteiger partial charge on any atom is -0.470 e. The Morgan fingerprint density at radius 2 is 2.43 bits per heavy atom. The van der Waals surface area contributed by atoms with E-state index in [9.17, 15) is 4.79 Å². The van der Waals surface area contributed by atoms with E-state index in [1.54, 1.807) is 12.1 Å². The Hall–Kier alpha value is -1.23. The van der Waals surface area contributed by atoms with Crippen LogP contribution in [0.3, 0.4) is 0 Å². The van der Waals surface area contributed by atoms with Gasteiger partial charge in [0.2, 0.25) is 0 Å². The maximum Gasteiger partial charge on any atom is 0.339 e. The lowest BCUT2D eigenvalue weighted by Gasteiger charge is -2.05. The van der Waals surface area contributed by atoms with E-state index >= 15 is 0 Å². The summed E-state index contributed by atoms with van der Waals surface area (Å²) in [6.07, 6.45) is 0. The summed E-state index contributed by atoms with van der Waals surface area (Å²) in [4.78, 5) is 11.3. The van der Waals surface area contributed by atoms with Gasteiger partial charge in [-0.15, -0.1) is 0 Å². The first-order chi connectivity index (χ1) is 6.74. The van der Waals surface area contributed by atoms with Gasteiger partial charge in [-0.1, -0.05) is 0 Å². The molecule has 2 rings (SSSR count). The number of carbonyl (C=O) groups is 1. The molecule has 0 saturated carbocycles. The molecular weight excluding hydrogens is 250 g/mol. The monoisotopic (exact) mass is 257 g/mol. The molecule has 0 radical (unpaired) electrons. The first-order valence-corrected chi connectivity index (χ1v) is 4.81. The lowest BCUT2D eigenvalue weighted by atomic mass is 10.2. The number of ether oxygens (including phenoxy) is 2. The number of rotatable bonds is 1. The van der Waals surface area contributed by atoms with E-state index in [1.165, 1.54) is 7.11 Å². The molecule has 0 amide bonds. The zero-order chi connectivity index (χ0) is 10.1. The number of hydrogen-bond donors (Lipinski definition) is 1. The first-order valence-electron chi connectivity index (χ1n) is 4.01. The third-order valence-corrected chi connectivity index (χ3v) is 2.77. The zero-order valence-corrected chi connectivity index (χ0v) is 9.05. The van der Waals surface area contributed by atoms with Gasteiger partial charge in [0.15, 0.2) is 12.5 Å². The molecule has 0 aliphatic carbocycles. The Kier molecular flexibility index (Phi) is 2.33. The Morgan fingerprint density at radius 1 is 1.64 bits per heavy atom. The molecule has 0 unspecified atom stereocenters. The van der Waals surface area contributed by atoms with Crippen molar-refractivity contribution in [3.8, 4) is 5.75 Å². The molecule has 1 aromatic carbocycles. The molecule has 1 N–H and O–H groups in total. The molecule has 14 heavy (non-hydrogen) atoms. The highest BCUT2D eigenvalue weighted by molar-refractivity contribution is 9.10. The molecule has 0 aromatic heterocycles. The van der Waals surface area contributed by atoms with Crippen molar-refractivity contribution in [2.45, 2.75) is 0 Å². The molecule has 74 valence electrons. The zero-order valence-electron chi connectivity index (χ0n) is 7.46. The van der Waals surface area contributed by atoms with Gasteiger partial charge >= 0.3 is 5.97 Å². The topological polar surface area (TPSA) is 47.6 Å². The van der Waals surface area contributed by atoms with Crippen molar-refractivity contribution in [3.63, 3.8) is 0 Å². The Bertz CT molecular complexity index is 392. The average molecular weight is 258 g/mol. The molecule has 0 saturated heterocycles. The van der Waals surface area contributed by atoms with Gasteiger partial charge in [0.1, 0.15) is 0 Å². The minimum absolute atomic E-state index is 0.379. The number of methoxy groups -OCH3 is 1. The van der Waals surface area contributed by atoms with E-state index in [0.29, 0.717) is 22.5 Å². The standard InChI is InChI=1S/C9H8BrNO3/c1-13-9(12)5-2-3-6-8(7(5)10)14-4-11-6/h2-3,11H,4H2,1H3. The molecular formula is C9H8BrNO3. The van der Waals surface area contributed by atoms with Crippen molar-refractivity contribution >= 4 is 27.6 Å². The summed E-state index contributed by atoms with van der Waals surface area (Å²) in [5.41, 5.74) is 1.35. The summed E-state index contributed by atoms with van der Waals surface area (Å²) in [6.45, 7) is 0.429. The van der Waals surface area contributed by atoms with E-state index in [-0.39, 0.29) is 5.97 Å². The average Bonchev–Trinajstić information content (AvgIpc) is 2.66. The highest BCUT2D eigenvalue weighted by atomic mass is 79.9. The normalized spacial score (nSPS) is 12.7. The van der Waals surface area contributed by atoms with Gasteiger partial charge in [-0.3, -0.25) is 0 Å². The van der Waals surface area contributed by atoms with Crippen molar-refractivity contribution in [3.05, 3.63) is 22.2 Å². The van der Waals surface area contributed by atoms with Crippen molar-refractivity contribution in [1.29, 1.82) is 0 Å². The van der Waals surface area contributed by atoms with Crippen LogP contribution in [-0.2, 0) is 4.74 Å². The van der Waals surface area contributed by atoms with Crippen LogP contribution in [0.1, 0.15) is 10.4 Å². The highest BCUT2D eigenvalue weighted by Gasteiger charge is 2.20. The number of carbonyl (C=O) groups excluding carboxylic acids is 1. The summed E-state index contributed by atoms with van der Waals surface area (Å²) in [7, 11) is 1.35. The summed E-state index contributed by atoms with van der Waals surface area (Å²) >= 11 is 3.31. The van der Waals surface area contributed by atoms with Gasteiger partial charge in [-0.25, -0.2) is 4.79 Å². The molecule has 0 fully saturated rings. The van der Waals surface area contributed by atoms with Crippen LogP contribution in [0.25, 0.3) is 0 Å². The fraction of sp³-hybridized carbons (Fsp3) is 0.222. The smallest absolute Gasteiger partial charge is 0.339 e. The quantitative estimate of drug-likeness (QED) is 0.782. The van der Waals surface area contributed by atoms with Crippen LogP contribution in [0.4, 0.5) is 5.69 Å². The van der Waals surface area contributed by atoms with Gasteiger partial charge < -0.3 is 14.8 Å². The largest absolute Gasteiger partial charge is 0.470 e. The number of nitrogens with one attached hydrogen (secondary N) is 1. The van der Waals surface area contributed by atoms with E-state index in [2.05, 4.69) is 26.0 Å². The maximum atomic E-state index is 11.3. The third kappa shape index (κ3) is 1.33. The van der Waals surface area contributed by atoms with Crippen molar-refractivity contribution in [1.82, 2.24) is 0 Å². The fourth-order valence-corrected chi connectivity index (χ4v) is 1.91. The summed E-state index contributed by atoms with van der Waals surface area (Å²) in [6, 6.07) is 3.48. The third-order valence-electron chi connectivity index (χ3n) is 1.98. The van der Waals surface area contributed by atoms with Crippen LogP contribution < -0.4 is 10.1 Å². The van der Waals surface area contributed by atoms with E-state index in [1.807, 2.05) is 0 Å². The van der Waals surface area contributed by atoms with E-state index in [4.69, 9.17) is 4.74 Å². The van der Waals surface area contributed by atoms with Gasteiger partial charge in [-0.05, 0) is 28.1 Å². The molecule has 4 nitrogen and oxygen atoms in total. The predicted octanol–water partition coefficient (Wildman–Crippen LogP) is 2.00. The molecule has 0 bridgehead atoms. The van der Waals surface area contributed by atoms with Crippen molar-refractivity contribution in [2.75, 3.05) is 19.2 Å². The predicted molar refractivity (Wildman–Crippen MR) is 54.6 cm³/mol. The minimum atomic E-state index is -0.379. The van der Waals surface area contributed by atoms with Crippen LogP contribution in [0.2, 0.25) is 0 Å². The number of anilines is 1. The van der Waals surface area contributed by atoms with Crippen LogP contribution in [0.5, 0.6) is 5.75 Å². The van der Waals surface area contributed by atoms with Gasteiger partial charge in [-0.2, -0.15) is 0 Å². The van der Waals surface area contributed by atoms with Crippen molar-refractivity contribution in [2.24, 2.45) is 0 Å². The Labute approximate surface area is 89.3 Å². The molecule has 1 aliphatic rings. The second kappa shape index (κ2) is 3.49. The summed E-state index contributed by atoms with van der Waals surface area (Å²) < 4.78 is 10.6. The molecule has 1 aromatic rings. The lowest BCUT2D eigenvalue weighted by Crippen LogP contribution is -2.02. The molecule has 0 spiro atoms. The highest BCUT2D eigenvalue weighted by Crippen LogP contribution is 2.39. The number of benzene rings is 1. The van der Waals surface area contributed by atoms with Crippen LogP contribution >= 0.6 is 15.9 Å². The number of fused-ring (bicyclic) bond motifs is 1. The molecule has 1 heterocycles. The first kappa shape index (κ1) is 9.33. The molecule has 5 heteroatoms. The summed E-state index contributed by atoms with van der Waals surface area (Å²) in [5.74, 6) is 0.281. The van der Waals surface area contributed by atoms with Gasteiger partial charge in [0, 0.05) is 0 Å². The number of halogens is 1.